The zero-order valence-corrected chi connectivity index (χ0v) is 15.2. The average Bonchev–Trinajstić information content (AvgIpc) is 2.95. The number of nitrogens with one attached hydrogen (secondary N) is 2. The molecular formula is C20H22N4O3. The average molecular weight is 366 g/mol. The molecule has 0 radical (unpaired) electrons. The summed E-state index contributed by atoms with van der Waals surface area (Å²) in [7, 11) is 1.65. The quantitative estimate of drug-likeness (QED) is 0.744. The number of aryl methyl sites for hydroxylation is 2. The Bertz CT molecular complexity index is 1040. The van der Waals surface area contributed by atoms with Crippen LogP contribution in [0.25, 0.3) is 11.1 Å². The summed E-state index contributed by atoms with van der Waals surface area (Å²) >= 11 is 0. The normalized spacial score (nSPS) is 13.4. The van der Waals surface area contributed by atoms with Gasteiger partial charge in [-0.05, 0) is 36.6 Å². The van der Waals surface area contributed by atoms with Crippen LogP contribution in [0.1, 0.15) is 12.0 Å². The summed E-state index contributed by atoms with van der Waals surface area (Å²) in [5.41, 5.74) is 4.35. The van der Waals surface area contributed by atoms with Gasteiger partial charge in [-0.15, -0.1) is 0 Å². The van der Waals surface area contributed by atoms with Crippen molar-refractivity contribution in [3.63, 3.8) is 0 Å². The molecule has 2 heterocycles. The molecule has 1 aliphatic rings. The standard InChI is InChI=1S/C20H22N4O3/c1-23-17-9-8-15(13-18(17)27-20(23)26)22-19(25)21-10-12-24-11-4-6-14-5-2-3-7-16(14)24/h2-3,5,7-9,13H,4,6,10-12H2,1H3,(H2,21,22,25). The number of anilines is 2. The summed E-state index contributed by atoms with van der Waals surface area (Å²) in [6.07, 6.45) is 2.24. The molecule has 140 valence electrons. The number of rotatable bonds is 4. The van der Waals surface area contributed by atoms with E-state index >= 15 is 0 Å². The number of para-hydroxylation sites is 1. The van der Waals surface area contributed by atoms with Crippen LogP contribution in [0.2, 0.25) is 0 Å². The van der Waals surface area contributed by atoms with Crippen molar-refractivity contribution in [3.8, 4) is 0 Å². The van der Waals surface area contributed by atoms with Crippen LogP contribution in [0.4, 0.5) is 16.2 Å². The first kappa shape index (κ1) is 17.2. The van der Waals surface area contributed by atoms with Crippen molar-refractivity contribution in [2.75, 3.05) is 29.9 Å². The first-order valence-electron chi connectivity index (χ1n) is 9.09. The highest BCUT2D eigenvalue weighted by molar-refractivity contribution is 5.91. The highest BCUT2D eigenvalue weighted by Crippen LogP contribution is 2.26. The number of fused-ring (bicyclic) bond motifs is 2. The Morgan fingerprint density at radius 2 is 2.07 bits per heavy atom. The van der Waals surface area contributed by atoms with Crippen LogP contribution in [0.5, 0.6) is 0 Å². The van der Waals surface area contributed by atoms with E-state index in [1.807, 2.05) is 0 Å². The molecular weight excluding hydrogens is 344 g/mol. The lowest BCUT2D eigenvalue weighted by atomic mass is 10.0. The van der Waals surface area contributed by atoms with Crippen LogP contribution in [0.3, 0.4) is 0 Å². The molecule has 0 atom stereocenters. The third-order valence-electron chi connectivity index (χ3n) is 4.92. The monoisotopic (exact) mass is 366 g/mol. The Morgan fingerprint density at radius 1 is 1.22 bits per heavy atom. The van der Waals surface area contributed by atoms with E-state index in [-0.39, 0.29) is 6.03 Å². The van der Waals surface area contributed by atoms with Gasteiger partial charge in [0.25, 0.3) is 0 Å². The fourth-order valence-electron chi connectivity index (χ4n) is 3.54. The van der Waals surface area contributed by atoms with Crippen molar-refractivity contribution < 1.29 is 9.21 Å². The SMILES string of the molecule is Cn1c(=O)oc2cc(NC(=O)NCCN3CCCc4ccccc43)ccc21. The van der Waals surface area contributed by atoms with Gasteiger partial charge in [0, 0.05) is 44.1 Å². The van der Waals surface area contributed by atoms with E-state index in [1.165, 1.54) is 15.8 Å². The van der Waals surface area contributed by atoms with Gasteiger partial charge >= 0.3 is 11.8 Å². The minimum atomic E-state index is -0.423. The van der Waals surface area contributed by atoms with Gasteiger partial charge in [-0.2, -0.15) is 0 Å². The number of urea groups is 1. The molecule has 2 amide bonds. The Balaban J connectivity index is 1.33. The van der Waals surface area contributed by atoms with E-state index in [0.717, 1.165) is 25.9 Å². The molecule has 7 heteroatoms. The third-order valence-corrected chi connectivity index (χ3v) is 4.92. The van der Waals surface area contributed by atoms with Gasteiger partial charge in [-0.3, -0.25) is 4.57 Å². The van der Waals surface area contributed by atoms with Gasteiger partial charge in [0.2, 0.25) is 0 Å². The highest BCUT2D eigenvalue weighted by Gasteiger charge is 2.16. The van der Waals surface area contributed by atoms with Gasteiger partial charge < -0.3 is 20.0 Å². The zero-order chi connectivity index (χ0) is 18.8. The first-order valence-corrected chi connectivity index (χ1v) is 9.09. The third kappa shape index (κ3) is 3.53. The van der Waals surface area contributed by atoms with E-state index in [2.05, 4.69) is 39.8 Å². The van der Waals surface area contributed by atoms with Gasteiger partial charge in [-0.1, -0.05) is 18.2 Å². The smallest absolute Gasteiger partial charge is 0.408 e. The maximum absolute atomic E-state index is 12.2. The number of amides is 2. The molecule has 0 saturated carbocycles. The molecule has 0 aliphatic carbocycles. The number of nitrogens with zero attached hydrogens (tertiary/aromatic N) is 2. The molecule has 0 bridgehead atoms. The fourth-order valence-corrected chi connectivity index (χ4v) is 3.54. The second-order valence-electron chi connectivity index (χ2n) is 6.71. The molecule has 0 unspecified atom stereocenters. The molecule has 2 aromatic carbocycles. The van der Waals surface area contributed by atoms with E-state index in [9.17, 15) is 9.59 Å². The Kier molecular flexibility index (Phi) is 4.58. The topological polar surface area (TPSA) is 79.5 Å². The maximum Gasteiger partial charge on any atom is 0.419 e. The molecule has 3 aromatic rings. The van der Waals surface area contributed by atoms with Crippen molar-refractivity contribution in [1.82, 2.24) is 9.88 Å². The van der Waals surface area contributed by atoms with Gasteiger partial charge in [0.15, 0.2) is 5.58 Å². The number of oxazole rings is 1. The second-order valence-corrected chi connectivity index (χ2v) is 6.71. The Hall–Kier alpha value is -3.22. The number of carbonyl (C=O) groups is 1. The second kappa shape index (κ2) is 7.19. The van der Waals surface area contributed by atoms with Crippen molar-refractivity contribution in [1.29, 1.82) is 0 Å². The van der Waals surface area contributed by atoms with E-state index in [0.29, 0.717) is 23.3 Å². The predicted octanol–water partition coefficient (Wildman–Crippen LogP) is 2.71. The molecule has 27 heavy (non-hydrogen) atoms. The largest absolute Gasteiger partial charge is 0.419 e. The summed E-state index contributed by atoms with van der Waals surface area (Å²) < 4.78 is 6.57. The number of hydrogen-bond donors (Lipinski definition) is 2. The fraction of sp³-hybridized carbons (Fsp3) is 0.300. The summed E-state index contributed by atoms with van der Waals surface area (Å²) in [6, 6.07) is 13.3. The van der Waals surface area contributed by atoms with Crippen molar-refractivity contribution >= 4 is 28.5 Å². The van der Waals surface area contributed by atoms with Crippen LogP contribution >= 0.6 is 0 Å². The molecule has 0 fully saturated rings. The predicted molar refractivity (Wildman–Crippen MR) is 105 cm³/mol. The summed E-state index contributed by atoms with van der Waals surface area (Å²) in [5, 5.41) is 5.66. The van der Waals surface area contributed by atoms with Crippen molar-refractivity contribution in [2.45, 2.75) is 12.8 Å². The molecule has 0 saturated heterocycles. The van der Waals surface area contributed by atoms with Gasteiger partial charge in [0.05, 0.1) is 5.52 Å². The van der Waals surface area contributed by atoms with Gasteiger partial charge in [0.1, 0.15) is 0 Å². The maximum atomic E-state index is 12.2. The zero-order valence-electron chi connectivity index (χ0n) is 15.2. The van der Waals surface area contributed by atoms with Crippen LogP contribution in [0, 0.1) is 0 Å². The van der Waals surface area contributed by atoms with E-state index in [4.69, 9.17) is 4.42 Å². The molecule has 4 rings (SSSR count). The highest BCUT2D eigenvalue weighted by atomic mass is 16.4. The van der Waals surface area contributed by atoms with Crippen LogP contribution in [-0.4, -0.2) is 30.2 Å². The van der Waals surface area contributed by atoms with Crippen LogP contribution < -0.4 is 21.3 Å². The van der Waals surface area contributed by atoms with Crippen molar-refractivity contribution in [3.05, 3.63) is 58.6 Å². The van der Waals surface area contributed by atoms with E-state index < -0.39 is 5.76 Å². The summed E-state index contributed by atoms with van der Waals surface area (Å²) in [6.45, 7) is 2.31. The minimum absolute atomic E-state index is 0.280. The Morgan fingerprint density at radius 3 is 2.96 bits per heavy atom. The summed E-state index contributed by atoms with van der Waals surface area (Å²) in [5.74, 6) is -0.423. The van der Waals surface area contributed by atoms with Crippen LogP contribution in [-0.2, 0) is 13.5 Å². The lowest BCUT2D eigenvalue weighted by Crippen LogP contribution is -2.39. The first-order chi connectivity index (χ1) is 13.1. The van der Waals surface area contributed by atoms with Gasteiger partial charge in [-0.25, -0.2) is 9.59 Å². The number of benzene rings is 2. The Labute approximate surface area is 156 Å². The summed E-state index contributed by atoms with van der Waals surface area (Å²) in [4.78, 5) is 26.0. The molecule has 1 aromatic heterocycles. The lowest BCUT2D eigenvalue weighted by molar-refractivity contribution is 0.252. The van der Waals surface area contributed by atoms with Crippen LogP contribution in [0.15, 0.2) is 51.7 Å². The minimum Gasteiger partial charge on any atom is -0.408 e. The number of carbonyl (C=O) groups excluding carboxylic acids is 1. The van der Waals surface area contributed by atoms with Crippen molar-refractivity contribution in [2.24, 2.45) is 7.05 Å². The molecule has 0 spiro atoms. The molecule has 2 N–H and O–H groups in total. The molecule has 7 nitrogen and oxygen atoms in total. The van der Waals surface area contributed by atoms with E-state index in [1.54, 1.807) is 25.2 Å². The number of aromatic nitrogens is 1. The lowest BCUT2D eigenvalue weighted by Gasteiger charge is -2.31. The molecule has 1 aliphatic heterocycles. The number of hydrogen-bond acceptors (Lipinski definition) is 4.